The lowest BCUT2D eigenvalue weighted by molar-refractivity contribution is -0.137. The molecule has 2 aromatic rings. The molecule has 0 radical (unpaired) electrons. The summed E-state index contributed by atoms with van der Waals surface area (Å²) in [5.41, 5.74) is 0.0130. The van der Waals surface area contributed by atoms with E-state index in [0.717, 1.165) is 12.1 Å². The molecule has 0 spiro atoms. The minimum Gasteiger partial charge on any atom is -0.489 e. The predicted molar refractivity (Wildman–Crippen MR) is 94.7 cm³/mol. The molecule has 0 heterocycles. The first-order valence-electron chi connectivity index (χ1n) is 8.62. The van der Waals surface area contributed by atoms with E-state index in [1.54, 1.807) is 12.1 Å². The van der Waals surface area contributed by atoms with Crippen molar-refractivity contribution < 1.29 is 27.4 Å². The van der Waals surface area contributed by atoms with Crippen LogP contribution in [0.5, 0.6) is 5.75 Å². The minimum absolute atomic E-state index is 0.0442. The number of hydrogen-bond acceptors (Lipinski definition) is 3. The fourth-order valence-corrected chi connectivity index (χ4v) is 2.52. The van der Waals surface area contributed by atoms with Crippen LogP contribution >= 0.6 is 0 Å². The number of rotatable bonds is 8. The SMILES string of the molecule is CC(C)[C@@H](CO)NCc1ccc(OCc2cccc(C(F)(F)F)c2)cc1F. The Morgan fingerprint density at radius 1 is 1.11 bits per heavy atom. The van der Waals surface area contributed by atoms with Crippen LogP contribution in [0.15, 0.2) is 42.5 Å². The number of alkyl halides is 3. The summed E-state index contributed by atoms with van der Waals surface area (Å²) in [5.74, 6) is -0.0474. The van der Waals surface area contributed by atoms with E-state index in [1.807, 2.05) is 13.8 Å². The smallest absolute Gasteiger partial charge is 0.416 e. The third kappa shape index (κ3) is 6.22. The van der Waals surface area contributed by atoms with Gasteiger partial charge in [0.25, 0.3) is 0 Å². The second-order valence-corrected chi connectivity index (χ2v) is 6.65. The quantitative estimate of drug-likeness (QED) is 0.656. The van der Waals surface area contributed by atoms with Gasteiger partial charge in [-0.3, -0.25) is 0 Å². The molecule has 2 N–H and O–H groups in total. The molecule has 1 atom stereocenters. The highest BCUT2D eigenvalue weighted by atomic mass is 19.4. The molecule has 27 heavy (non-hydrogen) atoms. The Morgan fingerprint density at radius 2 is 1.85 bits per heavy atom. The van der Waals surface area contributed by atoms with E-state index < -0.39 is 17.6 Å². The Hall–Kier alpha value is -2.12. The van der Waals surface area contributed by atoms with Gasteiger partial charge >= 0.3 is 6.18 Å². The van der Waals surface area contributed by atoms with E-state index in [2.05, 4.69) is 5.32 Å². The van der Waals surface area contributed by atoms with Crippen LogP contribution in [0.1, 0.15) is 30.5 Å². The molecule has 0 aromatic heterocycles. The number of halogens is 4. The van der Waals surface area contributed by atoms with Crippen molar-refractivity contribution in [3.05, 3.63) is 65.0 Å². The number of nitrogens with one attached hydrogen (secondary N) is 1. The van der Waals surface area contributed by atoms with Crippen LogP contribution in [0, 0.1) is 11.7 Å². The van der Waals surface area contributed by atoms with Crippen molar-refractivity contribution in [3.8, 4) is 5.75 Å². The molecule has 0 aliphatic carbocycles. The molecule has 0 bridgehead atoms. The largest absolute Gasteiger partial charge is 0.489 e. The number of ether oxygens (including phenoxy) is 1. The summed E-state index contributed by atoms with van der Waals surface area (Å²) in [5, 5.41) is 12.4. The van der Waals surface area contributed by atoms with Crippen molar-refractivity contribution in [2.24, 2.45) is 5.92 Å². The maximum atomic E-state index is 14.2. The van der Waals surface area contributed by atoms with E-state index in [0.29, 0.717) is 11.1 Å². The van der Waals surface area contributed by atoms with E-state index in [9.17, 15) is 22.7 Å². The zero-order chi connectivity index (χ0) is 20.0. The summed E-state index contributed by atoms with van der Waals surface area (Å²) in [6.07, 6.45) is -4.42. The number of aliphatic hydroxyl groups is 1. The molecule has 0 aliphatic rings. The van der Waals surface area contributed by atoms with Crippen LogP contribution in [-0.4, -0.2) is 17.8 Å². The topological polar surface area (TPSA) is 41.5 Å². The van der Waals surface area contributed by atoms with Gasteiger partial charge in [0.1, 0.15) is 18.2 Å². The normalized spacial score (nSPS) is 13.0. The molecular weight excluding hydrogens is 362 g/mol. The van der Waals surface area contributed by atoms with Gasteiger partial charge in [-0.1, -0.05) is 32.0 Å². The van der Waals surface area contributed by atoms with Crippen molar-refractivity contribution in [2.45, 2.75) is 39.2 Å². The van der Waals surface area contributed by atoms with E-state index in [1.165, 1.54) is 18.2 Å². The number of aliphatic hydroxyl groups excluding tert-OH is 1. The molecule has 0 saturated heterocycles. The van der Waals surface area contributed by atoms with Crippen molar-refractivity contribution in [1.29, 1.82) is 0 Å². The Labute approximate surface area is 156 Å². The third-order valence-electron chi connectivity index (χ3n) is 4.24. The summed E-state index contributed by atoms with van der Waals surface area (Å²) >= 11 is 0. The first kappa shape index (κ1) is 21.2. The Morgan fingerprint density at radius 3 is 2.44 bits per heavy atom. The average molecular weight is 385 g/mol. The molecule has 148 valence electrons. The Kier molecular flexibility index (Phi) is 7.21. The second kappa shape index (κ2) is 9.19. The molecular formula is C20H23F4NO2. The summed E-state index contributed by atoms with van der Waals surface area (Å²) in [6.45, 7) is 4.02. The zero-order valence-corrected chi connectivity index (χ0v) is 15.2. The minimum atomic E-state index is -4.42. The zero-order valence-electron chi connectivity index (χ0n) is 15.2. The van der Waals surface area contributed by atoms with E-state index >= 15 is 0 Å². The molecule has 0 unspecified atom stereocenters. The highest BCUT2D eigenvalue weighted by molar-refractivity contribution is 5.30. The van der Waals surface area contributed by atoms with Crippen molar-refractivity contribution in [1.82, 2.24) is 5.32 Å². The highest BCUT2D eigenvalue weighted by Crippen LogP contribution is 2.29. The van der Waals surface area contributed by atoms with Gasteiger partial charge in [0.05, 0.1) is 12.2 Å². The van der Waals surface area contributed by atoms with Crippen molar-refractivity contribution >= 4 is 0 Å². The summed E-state index contributed by atoms with van der Waals surface area (Å²) < 4.78 is 57.8. The number of benzene rings is 2. The molecule has 0 aliphatic heterocycles. The lowest BCUT2D eigenvalue weighted by atomic mass is 10.0. The summed E-state index contributed by atoms with van der Waals surface area (Å²) in [4.78, 5) is 0. The fraction of sp³-hybridized carbons (Fsp3) is 0.400. The van der Waals surface area contributed by atoms with Gasteiger partial charge in [0.2, 0.25) is 0 Å². The molecule has 3 nitrogen and oxygen atoms in total. The van der Waals surface area contributed by atoms with Gasteiger partial charge in [0, 0.05) is 24.2 Å². The van der Waals surface area contributed by atoms with Gasteiger partial charge in [0.15, 0.2) is 0 Å². The predicted octanol–water partition coefficient (Wildman–Crippen LogP) is 4.53. The first-order valence-corrected chi connectivity index (χ1v) is 8.62. The van der Waals surface area contributed by atoms with Crippen LogP contribution in [0.4, 0.5) is 17.6 Å². The van der Waals surface area contributed by atoms with Gasteiger partial charge in [-0.15, -0.1) is 0 Å². The third-order valence-corrected chi connectivity index (χ3v) is 4.24. The maximum Gasteiger partial charge on any atom is 0.416 e. The summed E-state index contributed by atoms with van der Waals surface area (Å²) in [7, 11) is 0. The lowest BCUT2D eigenvalue weighted by Crippen LogP contribution is -2.36. The van der Waals surface area contributed by atoms with Gasteiger partial charge in [-0.2, -0.15) is 13.2 Å². The molecule has 2 aromatic carbocycles. The average Bonchev–Trinajstić information content (AvgIpc) is 2.61. The van der Waals surface area contributed by atoms with Crippen molar-refractivity contribution in [2.75, 3.05) is 6.61 Å². The van der Waals surface area contributed by atoms with Gasteiger partial charge < -0.3 is 15.2 Å². The van der Waals surface area contributed by atoms with Crippen LogP contribution in [0.3, 0.4) is 0 Å². The summed E-state index contributed by atoms with van der Waals surface area (Å²) in [6, 6.07) is 9.01. The van der Waals surface area contributed by atoms with Crippen molar-refractivity contribution in [3.63, 3.8) is 0 Å². The van der Waals surface area contributed by atoms with Crippen LogP contribution in [0.2, 0.25) is 0 Å². The van der Waals surface area contributed by atoms with Crippen LogP contribution in [0.25, 0.3) is 0 Å². The molecule has 2 rings (SSSR count). The Bertz CT molecular complexity index is 747. The van der Waals surface area contributed by atoms with Gasteiger partial charge in [-0.05, 0) is 29.7 Å². The second-order valence-electron chi connectivity index (χ2n) is 6.65. The molecule has 0 saturated carbocycles. The highest BCUT2D eigenvalue weighted by Gasteiger charge is 2.30. The standard InChI is InChI=1S/C20H23F4NO2/c1-13(2)19(11-26)25-10-15-6-7-17(9-18(15)21)27-12-14-4-3-5-16(8-14)20(22,23)24/h3-9,13,19,25-26H,10-12H2,1-2H3/t19-/m1/s1. The maximum absolute atomic E-state index is 14.2. The molecule has 7 heteroatoms. The molecule has 0 fully saturated rings. The van der Waals surface area contributed by atoms with Crippen LogP contribution < -0.4 is 10.1 Å². The molecule has 0 amide bonds. The Balaban J connectivity index is 1.98. The van der Waals surface area contributed by atoms with E-state index in [-0.39, 0.29) is 37.5 Å². The number of hydrogen-bond donors (Lipinski definition) is 2. The van der Waals surface area contributed by atoms with E-state index in [4.69, 9.17) is 4.74 Å². The fourth-order valence-electron chi connectivity index (χ4n) is 2.52. The monoisotopic (exact) mass is 385 g/mol. The lowest BCUT2D eigenvalue weighted by Gasteiger charge is -2.20. The van der Waals surface area contributed by atoms with Crippen LogP contribution in [-0.2, 0) is 19.3 Å². The van der Waals surface area contributed by atoms with Gasteiger partial charge in [-0.25, -0.2) is 4.39 Å². The first-order chi connectivity index (χ1) is 12.7.